The SMILES string of the molecule is CCN(c1cc(Br)c(F)cc1[N+](=O)[O-])C1CNC1. The molecule has 1 heterocycles. The summed E-state index contributed by atoms with van der Waals surface area (Å²) in [4.78, 5) is 12.4. The number of nitro groups is 1. The number of rotatable bonds is 4. The minimum Gasteiger partial charge on any atom is -0.361 e. The molecule has 0 unspecified atom stereocenters. The Kier molecular flexibility index (Phi) is 3.82. The van der Waals surface area contributed by atoms with E-state index >= 15 is 0 Å². The van der Waals surface area contributed by atoms with Gasteiger partial charge in [-0.05, 0) is 28.9 Å². The molecule has 1 saturated heterocycles. The molecule has 98 valence electrons. The van der Waals surface area contributed by atoms with Crippen LogP contribution in [0.2, 0.25) is 0 Å². The maximum atomic E-state index is 13.4. The summed E-state index contributed by atoms with van der Waals surface area (Å²) in [6, 6.07) is 2.68. The summed E-state index contributed by atoms with van der Waals surface area (Å²) in [5, 5.41) is 14.1. The predicted octanol–water partition coefficient (Wildman–Crippen LogP) is 2.29. The summed E-state index contributed by atoms with van der Waals surface area (Å²) in [6.07, 6.45) is 0. The van der Waals surface area contributed by atoms with Crippen molar-refractivity contribution in [3.63, 3.8) is 0 Å². The lowest BCUT2D eigenvalue weighted by molar-refractivity contribution is -0.384. The highest BCUT2D eigenvalue weighted by atomic mass is 79.9. The first kappa shape index (κ1) is 13.2. The van der Waals surface area contributed by atoms with Gasteiger partial charge < -0.3 is 10.2 Å². The van der Waals surface area contributed by atoms with Crippen LogP contribution in [0.3, 0.4) is 0 Å². The lowest BCUT2D eigenvalue weighted by Gasteiger charge is -2.38. The zero-order chi connectivity index (χ0) is 13.3. The second-order valence-electron chi connectivity index (χ2n) is 4.11. The molecule has 1 fully saturated rings. The molecular weight excluding hydrogens is 305 g/mol. The van der Waals surface area contributed by atoms with Gasteiger partial charge in [0.25, 0.3) is 5.69 Å². The van der Waals surface area contributed by atoms with E-state index in [1.54, 1.807) is 0 Å². The first-order valence-electron chi connectivity index (χ1n) is 5.65. The fraction of sp³-hybridized carbons (Fsp3) is 0.455. The molecule has 18 heavy (non-hydrogen) atoms. The Balaban J connectivity index is 2.46. The maximum Gasteiger partial charge on any atom is 0.295 e. The zero-order valence-corrected chi connectivity index (χ0v) is 11.4. The Morgan fingerprint density at radius 1 is 1.61 bits per heavy atom. The highest BCUT2D eigenvalue weighted by molar-refractivity contribution is 9.10. The van der Waals surface area contributed by atoms with Crippen molar-refractivity contribution in [3.05, 3.63) is 32.5 Å². The topological polar surface area (TPSA) is 58.4 Å². The van der Waals surface area contributed by atoms with Gasteiger partial charge in [0.15, 0.2) is 0 Å². The molecule has 0 aromatic heterocycles. The maximum absolute atomic E-state index is 13.4. The highest BCUT2D eigenvalue weighted by Crippen LogP contribution is 2.34. The Morgan fingerprint density at radius 2 is 2.28 bits per heavy atom. The van der Waals surface area contributed by atoms with Crippen LogP contribution in [0, 0.1) is 15.9 Å². The van der Waals surface area contributed by atoms with E-state index in [4.69, 9.17) is 0 Å². The summed E-state index contributed by atoms with van der Waals surface area (Å²) in [6.45, 7) is 4.16. The minimum atomic E-state index is -0.617. The van der Waals surface area contributed by atoms with Gasteiger partial charge in [-0.15, -0.1) is 0 Å². The summed E-state index contributed by atoms with van der Waals surface area (Å²) in [5.74, 6) is -0.617. The molecule has 7 heteroatoms. The number of likely N-dealkylation sites (N-methyl/N-ethyl adjacent to an activating group) is 1. The lowest BCUT2D eigenvalue weighted by Crippen LogP contribution is -2.57. The number of halogens is 2. The number of benzene rings is 1. The van der Waals surface area contributed by atoms with Gasteiger partial charge in [0.05, 0.1) is 21.5 Å². The van der Waals surface area contributed by atoms with Crippen molar-refractivity contribution in [2.24, 2.45) is 0 Å². The van der Waals surface area contributed by atoms with Crippen LogP contribution in [0.4, 0.5) is 15.8 Å². The van der Waals surface area contributed by atoms with Crippen molar-refractivity contribution in [3.8, 4) is 0 Å². The van der Waals surface area contributed by atoms with E-state index in [-0.39, 0.29) is 16.2 Å². The molecule has 0 radical (unpaired) electrons. The second kappa shape index (κ2) is 5.19. The van der Waals surface area contributed by atoms with Crippen LogP contribution < -0.4 is 10.2 Å². The molecule has 1 aliphatic heterocycles. The average Bonchev–Trinajstić information content (AvgIpc) is 2.26. The number of anilines is 1. The van der Waals surface area contributed by atoms with E-state index in [1.165, 1.54) is 6.07 Å². The molecule has 0 aliphatic carbocycles. The zero-order valence-electron chi connectivity index (χ0n) is 9.82. The summed E-state index contributed by atoms with van der Waals surface area (Å²) < 4.78 is 13.6. The van der Waals surface area contributed by atoms with E-state index in [1.807, 2.05) is 11.8 Å². The van der Waals surface area contributed by atoms with Gasteiger partial charge in [0.2, 0.25) is 0 Å². The van der Waals surface area contributed by atoms with Gasteiger partial charge in [0.1, 0.15) is 11.5 Å². The van der Waals surface area contributed by atoms with Crippen molar-refractivity contribution in [2.75, 3.05) is 24.5 Å². The highest BCUT2D eigenvalue weighted by Gasteiger charge is 2.29. The fourth-order valence-electron chi connectivity index (χ4n) is 2.02. The number of nitro benzene ring substituents is 1. The van der Waals surface area contributed by atoms with E-state index in [0.29, 0.717) is 12.2 Å². The van der Waals surface area contributed by atoms with E-state index in [0.717, 1.165) is 19.2 Å². The Hall–Kier alpha value is -1.21. The molecule has 0 bridgehead atoms. The molecule has 1 aliphatic rings. The Bertz CT molecular complexity index is 480. The largest absolute Gasteiger partial charge is 0.361 e. The van der Waals surface area contributed by atoms with Gasteiger partial charge in [-0.1, -0.05) is 0 Å². The van der Waals surface area contributed by atoms with Gasteiger partial charge in [-0.25, -0.2) is 4.39 Å². The van der Waals surface area contributed by atoms with Gasteiger partial charge in [0, 0.05) is 19.6 Å². The number of nitrogens with one attached hydrogen (secondary N) is 1. The third-order valence-electron chi connectivity index (χ3n) is 3.06. The van der Waals surface area contributed by atoms with Crippen molar-refractivity contribution in [1.82, 2.24) is 5.32 Å². The van der Waals surface area contributed by atoms with Gasteiger partial charge in [-0.3, -0.25) is 10.1 Å². The monoisotopic (exact) mass is 317 g/mol. The second-order valence-corrected chi connectivity index (χ2v) is 4.96. The van der Waals surface area contributed by atoms with Crippen molar-refractivity contribution in [2.45, 2.75) is 13.0 Å². The quantitative estimate of drug-likeness (QED) is 0.684. The molecule has 0 atom stereocenters. The lowest BCUT2D eigenvalue weighted by atomic mass is 10.1. The molecule has 0 amide bonds. The van der Waals surface area contributed by atoms with Crippen molar-refractivity contribution < 1.29 is 9.31 Å². The van der Waals surface area contributed by atoms with E-state index < -0.39 is 10.7 Å². The molecule has 0 spiro atoms. The third-order valence-corrected chi connectivity index (χ3v) is 3.67. The Morgan fingerprint density at radius 3 is 2.72 bits per heavy atom. The van der Waals surface area contributed by atoms with Crippen LogP contribution in [-0.4, -0.2) is 30.6 Å². The van der Waals surface area contributed by atoms with E-state index in [9.17, 15) is 14.5 Å². The summed E-state index contributed by atoms with van der Waals surface area (Å²) in [5.41, 5.74) is 0.270. The summed E-state index contributed by atoms with van der Waals surface area (Å²) in [7, 11) is 0. The van der Waals surface area contributed by atoms with Crippen LogP contribution >= 0.6 is 15.9 Å². The molecule has 5 nitrogen and oxygen atoms in total. The number of hydrogen-bond donors (Lipinski definition) is 1. The molecular formula is C11H13BrFN3O2. The average molecular weight is 318 g/mol. The van der Waals surface area contributed by atoms with Crippen LogP contribution in [0.5, 0.6) is 0 Å². The van der Waals surface area contributed by atoms with Crippen LogP contribution in [0.1, 0.15) is 6.92 Å². The van der Waals surface area contributed by atoms with Crippen LogP contribution in [0.15, 0.2) is 16.6 Å². The van der Waals surface area contributed by atoms with Crippen LogP contribution in [-0.2, 0) is 0 Å². The van der Waals surface area contributed by atoms with Crippen molar-refractivity contribution >= 4 is 27.3 Å². The first-order valence-corrected chi connectivity index (χ1v) is 6.44. The molecule has 1 aromatic carbocycles. The number of nitrogens with zero attached hydrogens (tertiary/aromatic N) is 2. The number of hydrogen-bond acceptors (Lipinski definition) is 4. The molecule has 0 saturated carbocycles. The van der Waals surface area contributed by atoms with E-state index in [2.05, 4.69) is 21.2 Å². The predicted molar refractivity (Wildman–Crippen MR) is 70.4 cm³/mol. The molecule has 1 N–H and O–H groups in total. The standard InChI is InChI=1S/C11H13BrFN3O2/c1-2-15(7-5-14-6-7)10-3-8(12)9(13)4-11(10)16(17)18/h3-4,7,14H,2,5-6H2,1H3. The normalized spacial score (nSPS) is 15.3. The summed E-state index contributed by atoms with van der Waals surface area (Å²) >= 11 is 3.08. The molecule has 1 aromatic rings. The van der Waals surface area contributed by atoms with Crippen LogP contribution in [0.25, 0.3) is 0 Å². The Labute approximate surface area is 112 Å². The van der Waals surface area contributed by atoms with Gasteiger partial charge >= 0.3 is 0 Å². The first-order chi connectivity index (χ1) is 8.54. The smallest absolute Gasteiger partial charge is 0.295 e. The van der Waals surface area contributed by atoms with Gasteiger partial charge in [-0.2, -0.15) is 0 Å². The minimum absolute atomic E-state index is 0.190. The third kappa shape index (κ3) is 2.32. The molecule has 2 rings (SSSR count). The van der Waals surface area contributed by atoms with Crippen molar-refractivity contribution in [1.29, 1.82) is 0 Å². The fourth-order valence-corrected chi connectivity index (χ4v) is 2.35.